The van der Waals surface area contributed by atoms with Gasteiger partial charge in [-0.3, -0.25) is 9.69 Å². The molecule has 2 saturated heterocycles. The third-order valence-corrected chi connectivity index (χ3v) is 6.76. The normalized spacial score (nSPS) is 23.0. The number of amides is 1. The van der Waals surface area contributed by atoms with E-state index in [-0.39, 0.29) is 11.9 Å². The molecule has 2 atom stereocenters. The maximum absolute atomic E-state index is 13.3. The highest BCUT2D eigenvalue weighted by atomic mass is 35.5. The van der Waals surface area contributed by atoms with Crippen molar-refractivity contribution in [3.63, 3.8) is 0 Å². The van der Waals surface area contributed by atoms with Gasteiger partial charge in [-0.2, -0.15) is 0 Å². The first-order chi connectivity index (χ1) is 14.7. The van der Waals surface area contributed by atoms with E-state index in [2.05, 4.69) is 9.88 Å². The SMILES string of the molecule is O=C([C@@H]1C[C@H](Sc2ccccn2)CN1C/C(Cl)=C/c1ccccc1)N1CCOCC1. The minimum Gasteiger partial charge on any atom is -0.378 e. The van der Waals surface area contributed by atoms with Gasteiger partial charge in [-0.1, -0.05) is 48.0 Å². The van der Waals surface area contributed by atoms with E-state index < -0.39 is 0 Å². The highest BCUT2D eigenvalue weighted by Crippen LogP contribution is 2.33. The number of rotatable bonds is 6. The van der Waals surface area contributed by atoms with Gasteiger partial charge in [0.2, 0.25) is 5.91 Å². The summed E-state index contributed by atoms with van der Waals surface area (Å²) < 4.78 is 5.42. The summed E-state index contributed by atoms with van der Waals surface area (Å²) in [5, 5.41) is 2.04. The molecule has 5 nitrogen and oxygen atoms in total. The molecular formula is C23H26ClN3O2S. The average molecular weight is 444 g/mol. The van der Waals surface area contributed by atoms with Gasteiger partial charge in [0.25, 0.3) is 0 Å². The molecule has 0 saturated carbocycles. The molecule has 0 aliphatic carbocycles. The van der Waals surface area contributed by atoms with Crippen LogP contribution in [0.15, 0.2) is 64.8 Å². The molecule has 2 aliphatic rings. The van der Waals surface area contributed by atoms with E-state index in [0.717, 1.165) is 28.6 Å². The van der Waals surface area contributed by atoms with Crippen LogP contribution >= 0.6 is 23.4 Å². The number of benzene rings is 1. The first-order valence-electron chi connectivity index (χ1n) is 10.3. The van der Waals surface area contributed by atoms with E-state index in [1.54, 1.807) is 11.8 Å². The van der Waals surface area contributed by atoms with Crippen LogP contribution in [0.5, 0.6) is 0 Å². The van der Waals surface area contributed by atoms with Gasteiger partial charge in [-0.05, 0) is 30.2 Å². The number of morpholine rings is 1. The fourth-order valence-electron chi connectivity index (χ4n) is 3.93. The van der Waals surface area contributed by atoms with Gasteiger partial charge in [0.15, 0.2) is 0 Å². The van der Waals surface area contributed by atoms with Gasteiger partial charge in [0.1, 0.15) is 0 Å². The van der Waals surface area contributed by atoms with Crippen LogP contribution < -0.4 is 0 Å². The van der Waals surface area contributed by atoms with Crippen molar-refractivity contribution in [1.82, 2.24) is 14.8 Å². The largest absolute Gasteiger partial charge is 0.378 e. The summed E-state index contributed by atoms with van der Waals surface area (Å²) >= 11 is 8.36. The first kappa shape index (κ1) is 21.4. The molecule has 0 N–H and O–H groups in total. The summed E-state index contributed by atoms with van der Waals surface area (Å²) in [4.78, 5) is 21.9. The molecule has 2 aromatic rings. The summed E-state index contributed by atoms with van der Waals surface area (Å²) in [7, 11) is 0. The molecule has 0 radical (unpaired) electrons. The van der Waals surface area contributed by atoms with Crippen LogP contribution in [0.1, 0.15) is 12.0 Å². The number of carbonyl (C=O) groups is 1. The lowest BCUT2D eigenvalue weighted by Crippen LogP contribution is -2.49. The molecule has 0 spiro atoms. The van der Waals surface area contributed by atoms with Crippen molar-refractivity contribution >= 4 is 35.3 Å². The van der Waals surface area contributed by atoms with E-state index in [4.69, 9.17) is 16.3 Å². The van der Waals surface area contributed by atoms with Crippen LogP contribution in [-0.4, -0.2) is 71.4 Å². The van der Waals surface area contributed by atoms with Crippen LogP contribution in [0.4, 0.5) is 0 Å². The zero-order valence-electron chi connectivity index (χ0n) is 16.8. The predicted molar refractivity (Wildman–Crippen MR) is 122 cm³/mol. The van der Waals surface area contributed by atoms with Crippen LogP contribution in [0.25, 0.3) is 6.08 Å². The number of carbonyl (C=O) groups excluding carboxylic acids is 1. The number of thioether (sulfide) groups is 1. The number of hydrogen-bond acceptors (Lipinski definition) is 5. The Bertz CT molecular complexity index is 859. The standard InChI is InChI=1S/C23H26ClN3O2S/c24-19(14-18-6-2-1-3-7-18)16-27-17-20(30-22-8-4-5-9-25-22)15-21(27)23(28)26-10-12-29-13-11-26/h1-9,14,20-21H,10-13,15-17H2/b19-14-/t20-,21-/m0/s1. The molecule has 1 aromatic carbocycles. The van der Waals surface area contributed by atoms with Crippen molar-refractivity contribution in [1.29, 1.82) is 0 Å². The second kappa shape index (κ2) is 10.4. The maximum Gasteiger partial charge on any atom is 0.240 e. The Hall–Kier alpha value is -1.86. The van der Waals surface area contributed by atoms with E-state index in [0.29, 0.717) is 38.1 Å². The number of aromatic nitrogens is 1. The maximum atomic E-state index is 13.3. The van der Waals surface area contributed by atoms with Crippen molar-refractivity contribution in [3.8, 4) is 0 Å². The number of pyridine rings is 1. The summed E-state index contributed by atoms with van der Waals surface area (Å²) in [5.41, 5.74) is 1.07. The minimum absolute atomic E-state index is 0.165. The summed E-state index contributed by atoms with van der Waals surface area (Å²) in [6, 6.07) is 15.8. The Morgan fingerprint density at radius 3 is 2.67 bits per heavy atom. The van der Waals surface area contributed by atoms with Crippen LogP contribution in [0, 0.1) is 0 Å². The molecular weight excluding hydrogens is 418 g/mol. The Morgan fingerprint density at radius 1 is 1.17 bits per heavy atom. The topological polar surface area (TPSA) is 45.7 Å². The molecule has 2 fully saturated rings. The van der Waals surface area contributed by atoms with Gasteiger partial charge in [-0.15, -0.1) is 11.8 Å². The highest BCUT2D eigenvalue weighted by molar-refractivity contribution is 7.99. The van der Waals surface area contributed by atoms with Crippen molar-refractivity contribution in [3.05, 3.63) is 65.3 Å². The molecule has 1 amide bonds. The molecule has 2 aliphatic heterocycles. The summed E-state index contributed by atoms with van der Waals surface area (Å²) in [6.07, 6.45) is 4.59. The van der Waals surface area contributed by atoms with E-state index in [9.17, 15) is 4.79 Å². The average Bonchev–Trinajstić information content (AvgIpc) is 3.17. The van der Waals surface area contributed by atoms with E-state index >= 15 is 0 Å². The molecule has 4 rings (SSSR count). The third kappa shape index (κ3) is 5.64. The third-order valence-electron chi connectivity index (χ3n) is 5.38. The molecule has 7 heteroatoms. The van der Waals surface area contributed by atoms with Crippen molar-refractivity contribution in [2.75, 3.05) is 39.4 Å². The van der Waals surface area contributed by atoms with Gasteiger partial charge < -0.3 is 9.64 Å². The molecule has 0 unspecified atom stereocenters. The Labute approximate surface area is 187 Å². The lowest BCUT2D eigenvalue weighted by Gasteiger charge is -2.32. The lowest BCUT2D eigenvalue weighted by molar-refractivity contribution is -0.139. The second-order valence-corrected chi connectivity index (χ2v) is 9.33. The molecule has 1 aromatic heterocycles. The molecule has 30 heavy (non-hydrogen) atoms. The quantitative estimate of drug-likeness (QED) is 0.680. The fourth-order valence-corrected chi connectivity index (χ4v) is 5.37. The first-order valence-corrected chi connectivity index (χ1v) is 11.5. The molecule has 0 bridgehead atoms. The minimum atomic E-state index is -0.165. The smallest absolute Gasteiger partial charge is 0.240 e. The second-order valence-electron chi connectivity index (χ2n) is 7.53. The van der Waals surface area contributed by atoms with Crippen molar-refractivity contribution in [2.45, 2.75) is 22.7 Å². The van der Waals surface area contributed by atoms with Gasteiger partial charge >= 0.3 is 0 Å². The zero-order chi connectivity index (χ0) is 20.8. The predicted octanol–water partition coefficient (Wildman–Crippen LogP) is 3.76. The van der Waals surface area contributed by atoms with Gasteiger partial charge in [0, 0.05) is 42.7 Å². The van der Waals surface area contributed by atoms with Crippen molar-refractivity contribution in [2.24, 2.45) is 0 Å². The summed E-state index contributed by atoms with van der Waals surface area (Å²) in [6.45, 7) is 3.92. The monoisotopic (exact) mass is 443 g/mol. The number of ether oxygens (including phenoxy) is 1. The fraction of sp³-hybridized carbons (Fsp3) is 0.391. The zero-order valence-corrected chi connectivity index (χ0v) is 18.4. The van der Waals surface area contributed by atoms with Crippen LogP contribution in [-0.2, 0) is 9.53 Å². The van der Waals surface area contributed by atoms with E-state index in [1.165, 1.54) is 0 Å². The van der Waals surface area contributed by atoms with Gasteiger partial charge in [-0.25, -0.2) is 4.98 Å². The van der Waals surface area contributed by atoms with Crippen molar-refractivity contribution < 1.29 is 9.53 Å². The van der Waals surface area contributed by atoms with E-state index in [1.807, 2.05) is 65.7 Å². The Balaban J connectivity index is 1.48. The Morgan fingerprint density at radius 2 is 1.93 bits per heavy atom. The lowest BCUT2D eigenvalue weighted by atomic mass is 10.1. The number of nitrogens with zero attached hydrogens (tertiary/aromatic N) is 3. The number of hydrogen-bond donors (Lipinski definition) is 0. The van der Waals surface area contributed by atoms with Crippen LogP contribution in [0.2, 0.25) is 0 Å². The molecule has 158 valence electrons. The Kier molecular flexibility index (Phi) is 7.44. The van der Waals surface area contributed by atoms with Gasteiger partial charge in [0.05, 0.1) is 24.3 Å². The summed E-state index contributed by atoms with van der Waals surface area (Å²) in [5.74, 6) is 0.187. The number of likely N-dealkylation sites (tertiary alicyclic amines) is 1. The molecule has 3 heterocycles. The van der Waals surface area contributed by atoms with Crippen LogP contribution in [0.3, 0.4) is 0 Å². The highest BCUT2D eigenvalue weighted by Gasteiger charge is 2.39. The number of halogens is 1.